The Kier molecular flexibility index (Phi) is 5.07. The van der Waals surface area contributed by atoms with E-state index in [1.807, 2.05) is 19.1 Å². The molecule has 3 heteroatoms. The van der Waals surface area contributed by atoms with Crippen LogP contribution in [0.3, 0.4) is 0 Å². The van der Waals surface area contributed by atoms with Gasteiger partial charge in [0, 0.05) is 25.3 Å². The van der Waals surface area contributed by atoms with Crippen molar-refractivity contribution < 1.29 is 4.42 Å². The largest absolute Gasteiger partial charge is 0.464 e. The van der Waals surface area contributed by atoms with Crippen LogP contribution in [0.25, 0.3) is 0 Å². The normalized spacial score (nSPS) is 11.1. The molecule has 0 fully saturated rings. The second-order valence-electron chi connectivity index (χ2n) is 6.01. The quantitative estimate of drug-likeness (QED) is 0.869. The van der Waals surface area contributed by atoms with Crippen molar-refractivity contribution >= 4 is 5.69 Å². The molecular weight excluding hydrogens is 260 g/mol. The molecule has 21 heavy (non-hydrogen) atoms. The molecule has 0 saturated heterocycles. The van der Waals surface area contributed by atoms with Crippen molar-refractivity contribution in [3.8, 4) is 0 Å². The Morgan fingerprint density at radius 1 is 1.14 bits per heavy atom. The van der Waals surface area contributed by atoms with Gasteiger partial charge in [0.05, 0.1) is 6.54 Å². The lowest BCUT2D eigenvalue weighted by atomic mass is 10.1. The van der Waals surface area contributed by atoms with E-state index in [-0.39, 0.29) is 0 Å². The first-order valence-electron chi connectivity index (χ1n) is 7.55. The second kappa shape index (κ2) is 6.81. The molecule has 3 nitrogen and oxygen atoms in total. The van der Waals surface area contributed by atoms with Crippen molar-refractivity contribution in [3.63, 3.8) is 0 Å². The van der Waals surface area contributed by atoms with Crippen LogP contribution in [0.1, 0.15) is 36.5 Å². The fraction of sp³-hybridized carbons (Fsp3) is 0.444. The van der Waals surface area contributed by atoms with Gasteiger partial charge in [-0.3, -0.25) is 0 Å². The zero-order valence-electron chi connectivity index (χ0n) is 13.7. The molecule has 1 N–H and O–H groups in total. The molecule has 0 spiro atoms. The number of hydrogen-bond donors (Lipinski definition) is 1. The van der Waals surface area contributed by atoms with Gasteiger partial charge in [0.1, 0.15) is 11.5 Å². The Bertz CT molecular complexity index is 587. The molecule has 2 aromatic rings. The summed E-state index contributed by atoms with van der Waals surface area (Å²) >= 11 is 0. The Morgan fingerprint density at radius 2 is 1.90 bits per heavy atom. The number of benzene rings is 1. The Labute approximate surface area is 128 Å². The highest BCUT2D eigenvalue weighted by molar-refractivity contribution is 5.50. The molecule has 0 saturated carbocycles. The van der Waals surface area contributed by atoms with E-state index in [0.717, 1.165) is 24.6 Å². The number of nitrogens with zero attached hydrogens (tertiary/aromatic N) is 1. The van der Waals surface area contributed by atoms with Gasteiger partial charge in [0.15, 0.2) is 0 Å². The minimum absolute atomic E-state index is 0.508. The zero-order chi connectivity index (χ0) is 15.4. The highest BCUT2D eigenvalue weighted by atomic mass is 16.3. The van der Waals surface area contributed by atoms with E-state index >= 15 is 0 Å². The smallest absolute Gasteiger partial charge is 0.123 e. The van der Waals surface area contributed by atoms with E-state index in [4.69, 9.17) is 4.42 Å². The molecule has 2 rings (SSSR count). The Hall–Kier alpha value is -1.74. The number of furan rings is 1. The molecule has 0 bridgehead atoms. The van der Waals surface area contributed by atoms with E-state index in [9.17, 15) is 0 Å². The lowest BCUT2D eigenvalue weighted by Crippen LogP contribution is -2.22. The lowest BCUT2D eigenvalue weighted by molar-refractivity contribution is 0.482. The maximum absolute atomic E-state index is 5.64. The number of aryl methyl sites for hydroxylation is 2. The minimum Gasteiger partial charge on any atom is -0.464 e. The molecule has 1 heterocycles. The average Bonchev–Trinajstić information content (AvgIpc) is 2.82. The summed E-state index contributed by atoms with van der Waals surface area (Å²) in [7, 11) is 2.10. The predicted molar refractivity (Wildman–Crippen MR) is 88.7 cm³/mol. The van der Waals surface area contributed by atoms with Crippen molar-refractivity contribution in [2.45, 2.75) is 46.8 Å². The van der Waals surface area contributed by atoms with E-state index in [0.29, 0.717) is 6.04 Å². The van der Waals surface area contributed by atoms with Gasteiger partial charge in [-0.05, 0) is 49.2 Å². The van der Waals surface area contributed by atoms with Gasteiger partial charge in [-0.15, -0.1) is 0 Å². The predicted octanol–water partition coefficient (Wildman–Crippen LogP) is 4.03. The molecule has 0 unspecified atom stereocenters. The summed E-state index contributed by atoms with van der Waals surface area (Å²) in [5.74, 6) is 1.96. The fourth-order valence-corrected chi connectivity index (χ4v) is 2.33. The average molecular weight is 286 g/mol. The zero-order valence-corrected chi connectivity index (χ0v) is 13.7. The van der Waals surface area contributed by atoms with Gasteiger partial charge in [-0.25, -0.2) is 0 Å². The van der Waals surface area contributed by atoms with Crippen LogP contribution in [0.4, 0.5) is 5.69 Å². The van der Waals surface area contributed by atoms with Crippen molar-refractivity contribution in [2.75, 3.05) is 11.9 Å². The molecule has 0 atom stereocenters. The summed E-state index contributed by atoms with van der Waals surface area (Å²) in [5.41, 5.74) is 3.90. The molecule has 1 aromatic heterocycles. The first-order chi connectivity index (χ1) is 9.95. The molecule has 0 aliphatic heterocycles. The van der Waals surface area contributed by atoms with Gasteiger partial charge in [0.25, 0.3) is 0 Å². The fourth-order valence-electron chi connectivity index (χ4n) is 2.33. The Morgan fingerprint density at radius 3 is 2.48 bits per heavy atom. The van der Waals surface area contributed by atoms with Gasteiger partial charge < -0.3 is 14.6 Å². The van der Waals surface area contributed by atoms with Crippen LogP contribution in [0, 0.1) is 13.8 Å². The third-order valence-corrected chi connectivity index (χ3v) is 3.66. The van der Waals surface area contributed by atoms with Gasteiger partial charge in [-0.1, -0.05) is 19.9 Å². The third kappa shape index (κ3) is 4.36. The van der Waals surface area contributed by atoms with Crippen LogP contribution in [-0.2, 0) is 13.1 Å². The number of anilines is 1. The molecule has 114 valence electrons. The van der Waals surface area contributed by atoms with E-state index < -0.39 is 0 Å². The van der Waals surface area contributed by atoms with E-state index in [1.165, 1.54) is 16.8 Å². The summed E-state index contributed by atoms with van der Waals surface area (Å²) in [5, 5.41) is 3.47. The van der Waals surface area contributed by atoms with Crippen LogP contribution < -0.4 is 10.2 Å². The van der Waals surface area contributed by atoms with Crippen molar-refractivity contribution in [1.29, 1.82) is 0 Å². The highest BCUT2D eigenvalue weighted by Gasteiger charge is 2.07. The minimum atomic E-state index is 0.508. The summed E-state index contributed by atoms with van der Waals surface area (Å²) in [6.07, 6.45) is 0. The Balaban J connectivity index is 2.04. The monoisotopic (exact) mass is 286 g/mol. The molecule has 0 aliphatic rings. The summed E-state index contributed by atoms with van der Waals surface area (Å²) in [6, 6.07) is 11.2. The van der Waals surface area contributed by atoms with Crippen LogP contribution in [-0.4, -0.2) is 13.1 Å². The first-order valence-corrected chi connectivity index (χ1v) is 7.55. The molecule has 0 amide bonds. The maximum atomic E-state index is 5.64. The second-order valence-corrected chi connectivity index (χ2v) is 6.01. The summed E-state index contributed by atoms with van der Waals surface area (Å²) < 4.78 is 5.64. The van der Waals surface area contributed by atoms with Crippen molar-refractivity contribution in [2.24, 2.45) is 0 Å². The summed E-state index contributed by atoms with van der Waals surface area (Å²) in [6.45, 7) is 10.2. The van der Waals surface area contributed by atoms with E-state index in [1.54, 1.807) is 0 Å². The van der Waals surface area contributed by atoms with Crippen molar-refractivity contribution in [3.05, 3.63) is 53.0 Å². The van der Waals surface area contributed by atoms with Crippen LogP contribution >= 0.6 is 0 Å². The number of rotatable bonds is 6. The van der Waals surface area contributed by atoms with Crippen LogP contribution in [0.5, 0.6) is 0 Å². The summed E-state index contributed by atoms with van der Waals surface area (Å²) in [4.78, 5) is 2.21. The van der Waals surface area contributed by atoms with Crippen LogP contribution in [0.15, 0.2) is 34.7 Å². The lowest BCUT2D eigenvalue weighted by Gasteiger charge is -2.20. The highest BCUT2D eigenvalue weighted by Crippen LogP contribution is 2.20. The standard InChI is InChI=1S/C18H26N2O/c1-13(2)19-11-16-7-8-17(10-14(16)3)20(5)12-18-9-6-15(4)21-18/h6-10,13,19H,11-12H2,1-5H3. The SMILES string of the molecule is Cc1ccc(CN(C)c2ccc(CNC(C)C)c(C)c2)o1. The third-order valence-electron chi connectivity index (χ3n) is 3.66. The van der Waals surface area contributed by atoms with Gasteiger partial charge >= 0.3 is 0 Å². The molecule has 0 radical (unpaired) electrons. The molecular formula is C18H26N2O. The van der Waals surface area contributed by atoms with Crippen molar-refractivity contribution in [1.82, 2.24) is 5.32 Å². The molecule has 0 aliphatic carbocycles. The number of nitrogens with one attached hydrogen (secondary N) is 1. The topological polar surface area (TPSA) is 28.4 Å². The molecule has 1 aromatic carbocycles. The van der Waals surface area contributed by atoms with E-state index in [2.05, 4.69) is 56.2 Å². The van der Waals surface area contributed by atoms with Gasteiger partial charge in [0.2, 0.25) is 0 Å². The van der Waals surface area contributed by atoms with Crippen LogP contribution in [0.2, 0.25) is 0 Å². The first kappa shape index (κ1) is 15.6. The maximum Gasteiger partial charge on any atom is 0.123 e. The number of hydrogen-bond acceptors (Lipinski definition) is 3. The van der Waals surface area contributed by atoms with Gasteiger partial charge in [-0.2, -0.15) is 0 Å².